The van der Waals surface area contributed by atoms with Gasteiger partial charge in [0.05, 0.1) is 11.9 Å². The third kappa shape index (κ3) is 8.97. The summed E-state index contributed by atoms with van der Waals surface area (Å²) in [6.07, 6.45) is 3.50. The van der Waals surface area contributed by atoms with Crippen LogP contribution >= 0.6 is 0 Å². The Balaban J connectivity index is 2.16. The minimum atomic E-state index is -3.52. The Morgan fingerprint density at radius 3 is 2.11 bits per heavy atom. The first-order valence-electron chi connectivity index (χ1n) is 12.6. The molecule has 0 heterocycles. The molecule has 0 spiro atoms. The molecule has 0 aliphatic heterocycles. The monoisotopic (exact) mass is 515 g/mol. The summed E-state index contributed by atoms with van der Waals surface area (Å²) in [5.74, 6) is -0.362. The molecule has 0 fully saturated rings. The Bertz CT molecular complexity index is 1110. The summed E-state index contributed by atoms with van der Waals surface area (Å²) >= 11 is 0. The van der Waals surface area contributed by atoms with E-state index < -0.39 is 16.1 Å². The van der Waals surface area contributed by atoms with E-state index in [9.17, 15) is 18.0 Å². The maximum absolute atomic E-state index is 13.3. The third-order valence-electron chi connectivity index (χ3n) is 6.12. The van der Waals surface area contributed by atoms with Gasteiger partial charge in [-0.05, 0) is 69.4 Å². The number of amides is 2. The van der Waals surface area contributed by atoms with E-state index in [0.717, 1.165) is 35.1 Å². The molecular weight excluding hydrogens is 474 g/mol. The zero-order valence-electron chi connectivity index (χ0n) is 22.5. The number of nitrogens with one attached hydrogen (secondary N) is 1. The molecule has 1 atom stereocenters. The van der Waals surface area contributed by atoms with E-state index >= 15 is 0 Å². The fourth-order valence-electron chi connectivity index (χ4n) is 4.11. The molecule has 2 aromatic carbocycles. The number of rotatable bonds is 13. The molecule has 8 heteroatoms. The number of nitrogens with zero attached hydrogens (tertiary/aromatic N) is 2. The molecule has 0 aromatic heterocycles. The first-order valence-corrected chi connectivity index (χ1v) is 14.5. The van der Waals surface area contributed by atoms with E-state index in [-0.39, 0.29) is 24.8 Å². The number of sulfonamides is 1. The summed E-state index contributed by atoms with van der Waals surface area (Å²) in [4.78, 5) is 27.7. The highest BCUT2D eigenvalue weighted by Crippen LogP contribution is 2.22. The molecule has 0 radical (unpaired) electrons. The van der Waals surface area contributed by atoms with Gasteiger partial charge in [0.15, 0.2) is 0 Å². The van der Waals surface area contributed by atoms with Crippen LogP contribution in [0.15, 0.2) is 42.5 Å². The molecule has 0 bridgehead atoms. The van der Waals surface area contributed by atoms with E-state index in [1.54, 1.807) is 11.8 Å². The lowest BCUT2D eigenvalue weighted by atomic mass is 10.1. The molecule has 1 N–H and O–H groups in total. The zero-order chi connectivity index (χ0) is 26.9. The second-order valence-electron chi connectivity index (χ2n) is 9.61. The molecule has 1 unspecified atom stereocenters. The van der Waals surface area contributed by atoms with Crippen molar-refractivity contribution in [2.24, 2.45) is 0 Å². The second kappa shape index (κ2) is 13.4. The molecule has 7 nitrogen and oxygen atoms in total. The average molecular weight is 516 g/mol. The van der Waals surface area contributed by atoms with Crippen molar-refractivity contribution in [2.45, 2.75) is 72.9 Å². The summed E-state index contributed by atoms with van der Waals surface area (Å²) in [6, 6.07) is 12.9. The summed E-state index contributed by atoms with van der Waals surface area (Å²) in [5.41, 5.74) is 4.61. The lowest BCUT2D eigenvalue weighted by Gasteiger charge is -2.29. The first-order chi connectivity index (χ1) is 16.9. The van der Waals surface area contributed by atoms with Gasteiger partial charge in [-0.2, -0.15) is 0 Å². The molecule has 198 valence electrons. The predicted molar refractivity (Wildman–Crippen MR) is 146 cm³/mol. The van der Waals surface area contributed by atoms with Gasteiger partial charge in [0.2, 0.25) is 21.8 Å². The smallest absolute Gasteiger partial charge is 0.242 e. The van der Waals surface area contributed by atoms with Gasteiger partial charge in [-0.15, -0.1) is 0 Å². The average Bonchev–Trinajstić information content (AvgIpc) is 2.79. The normalized spacial score (nSPS) is 12.2. The van der Waals surface area contributed by atoms with Gasteiger partial charge >= 0.3 is 0 Å². The SMILES string of the molecule is CCCCNC(=O)C(C)N(Cc1ccc(C)cc1)C(=O)CCCN(c1cc(C)cc(C)c1)S(C)(=O)=O. The van der Waals surface area contributed by atoms with Crippen molar-refractivity contribution in [3.05, 3.63) is 64.7 Å². The van der Waals surface area contributed by atoms with Crippen LogP contribution in [0, 0.1) is 20.8 Å². The van der Waals surface area contributed by atoms with Crippen LogP contribution in [0.25, 0.3) is 0 Å². The maximum atomic E-state index is 13.3. The van der Waals surface area contributed by atoms with Gasteiger partial charge < -0.3 is 10.2 Å². The van der Waals surface area contributed by atoms with Crippen molar-refractivity contribution >= 4 is 27.5 Å². The van der Waals surface area contributed by atoms with Crippen molar-refractivity contribution in [2.75, 3.05) is 23.7 Å². The van der Waals surface area contributed by atoms with E-state index in [1.165, 1.54) is 10.6 Å². The largest absolute Gasteiger partial charge is 0.354 e. The molecule has 0 aliphatic carbocycles. The number of hydrogen-bond donors (Lipinski definition) is 1. The van der Waals surface area contributed by atoms with E-state index in [4.69, 9.17) is 0 Å². The lowest BCUT2D eigenvalue weighted by Crippen LogP contribution is -2.48. The summed E-state index contributed by atoms with van der Waals surface area (Å²) < 4.78 is 26.4. The third-order valence-corrected chi connectivity index (χ3v) is 7.31. The van der Waals surface area contributed by atoms with Gasteiger partial charge in [0.1, 0.15) is 6.04 Å². The standard InChI is InChI=1S/C28H41N3O4S/c1-7-8-15-29-28(33)24(5)30(20-25-13-11-21(2)12-14-25)27(32)10-9-16-31(36(6,34)35)26-18-22(3)17-23(4)19-26/h11-14,17-19,24H,7-10,15-16,20H2,1-6H3,(H,29,33). The molecule has 2 rings (SSSR count). The topological polar surface area (TPSA) is 86.8 Å². The predicted octanol–water partition coefficient (Wildman–Crippen LogP) is 4.49. The summed E-state index contributed by atoms with van der Waals surface area (Å²) in [6.45, 7) is 10.7. The fraction of sp³-hybridized carbons (Fsp3) is 0.500. The Morgan fingerprint density at radius 1 is 0.944 bits per heavy atom. The maximum Gasteiger partial charge on any atom is 0.242 e. The van der Waals surface area contributed by atoms with Crippen molar-refractivity contribution in [1.82, 2.24) is 10.2 Å². The fourth-order valence-corrected chi connectivity index (χ4v) is 5.06. The highest BCUT2D eigenvalue weighted by atomic mass is 32.2. The lowest BCUT2D eigenvalue weighted by molar-refractivity contribution is -0.140. The number of unbranched alkanes of at least 4 members (excludes halogenated alkanes) is 1. The molecule has 0 saturated carbocycles. The Morgan fingerprint density at radius 2 is 1.56 bits per heavy atom. The van der Waals surface area contributed by atoms with Gasteiger partial charge in [-0.3, -0.25) is 13.9 Å². The molecule has 0 aliphatic rings. The minimum absolute atomic E-state index is 0.134. The quantitative estimate of drug-likeness (QED) is 0.398. The van der Waals surface area contributed by atoms with Crippen LogP contribution in [0.5, 0.6) is 0 Å². The highest BCUT2D eigenvalue weighted by Gasteiger charge is 2.26. The van der Waals surface area contributed by atoms with Crippen LogP contribution < -0.4 is 9.62 Å². The molecule has 2 aromatic rings. The van der Waals surface area contributed by atoms with Gasteiger partial charge in [-0.25, -0.2) is 8.42 Å². The Kier molecular flexibility index (Phi) is 11.0. The van der Waals surface area contributed by atoms with Crippen molar-refractivity contribution in [1.29, 1.82) is 0 Å². The van der Waals surface area contributed by atoms with Crippen LogP contribution in [0.3, 0.4) is 0 Å². The van der Waals surface area contributed by atoms with E-state index in [0.29, 0.717) is 25.2 Å². The Hall–Kier alpha value is -2.87. The molecule has 36 heavy (non-hydrogen) atoms. The van der Waals surface area contributed by atoms with Crippen LogP contribution in [0.1, 0.15) is 61.8 Å². The molecule has 0 saturated heterocycles. The van der Waals surface area contributed by atoms with Gasteiger partial charge in [-0.1, -0.05) is 49.2 Å². The second-order valence-corrected chi connectivity index (χ2v) is 11.5. The zero-order valence-corrected chi connectivity index (χ0v) is 23.3. The summed E-state index contributed by atoms with van der Waals surface area (Å²) in [7, 11) is -3.52. The van der Waals surface area contributed by atoms with Crippen molar-refractivity contribution in [3.63, 3.8) is 0 Å². The van der Waals surface area contributed by atoms with E-state index in [1.807, 2.05) is 63.2 Å². The van der Waals surface area contributed by atoms with Gasteiger partial charge in [0, 0.05) is 26.1 Å². The van der Waals surface area contributed by atoms with Crippen LogP contribution in [0.4, 0.5) is 5.69 Å². The van der Waals surface area contributed by atoms with Crippen molar-refractivity contribution in [3.8, 4) is 0 Å². The Labute approximate surface area is 216 Å². The number of carbonyl (C=O) groups excluding carboxylic acids is 2. The number of aryl methyl sites for hydroxylation is 3. The number of hydrogen-bond acceptors (Lipinski definition) is 4. The highest BCUT2D eigenvalue weighted by molar-refractivity contribution is 7.92. The van der Waals surface area contributed by atoms with E-state index in [2.05, 4.69) is 12.2 Å². The number of anilines is 1. The molecule has 2 amide bonds. The van der Waals surface area contributed by atoms with Gasteiger partial charge in [0.25, 0.3) is 0 Å². The van der Waals surface area contributed by atoms with Crippen LogP contribution in [-0.2, 0) is 26.2 Å². The van der Waals surface area contributed by atoms with Crippen molar-refractivity contribution < 1.29 is 18.0 Å². The first kappa shape index (κ1) is 29.4. The molecular formula is C28H41N3O4S. The minimum Gasteiger partial charge on any atom is -0.354 e. The van der Waals surface area contributed by atoms with Crippen LogP contribution in [0.2, 0.25) is 0 Å². The number of benzene rings is 2. The summed E-state index contributed by atoms with van der Waals surface area (Å²) in [5, 5.41) is 2.92. The van der Waals surface area contributed by atoms with Crippen LogP contribution in [-0.4, -0.2) is 50.5 Å². The number of carbonyl (C=O) groups is 2.